The first kappa shape index (κ1) is 21.2. The molecule has 0 atom stereocenters. The molecule has 0 unspecified atom stereocenters. The van der Waals surface area contributed by atoms with E-state index < -0.39 is 0 Å². The number of amides is 1. The second-order valence-corrected chi connectivity index (χ2v) is 8.94. The first-order valence-corrected chi connectivity index (χ1v) is 11.3. The predicted octanol–water partition coefficient (Wildman–Crippen LogP) is 4.55. The van der Waals surface area contributed by atoms with Crippen LogP contribution in [0.5, 0.6) is 0 Å². The van der Waals surface area contributed by atoms with E-state index in [9.17, 15) is 4.79 Å². The van der Waals surface area contributed by atoms with Crippen molar-refractivity contribution in [2.45, 2.75) is 6.92 Å². The summed E-state index contributed by atoms with van der Waals surface area (Å²) in [6, 6.07) is 18.3. The molecule has 168 valence electrons. The normalized spacial score (nSPS) is 14.6. The van der Waals surface area contributed by atoms with Crippen molar-refractivity contribution in [2.75, 3.05) is 43.4 Å². The zero-order valence-electron chi connectivity index (χ0n) is 19.4. The van der Waals surface area contributed by atoms with Crippen LogP contribution in [0.25, 0.3) is 22.0 Å². The van der Waals surface area contributed by atoms with E-state index in [0.717, 1.165) is 53.9 Å². The van der Waals surface area contributed by atoms with E-state index in [1.165, 1.54) is 5.56 Å². The highest BCUT2D eigenvalue weighted by Crippen LogP contribution is 2.27. The number of aromatic nitrogens is 2. The Hall–Kier alpha value is -3.64. The van der Waals surface area contributed by atoms with Gasteiger partial charge in [0.25, 0.3) is 5.91 Å². The summed E-state index contributed by atoms with van der Waals surface area (Å²) in [6.45, 7) is 6.10. The quantitative estimate of drug-likeness (QED) is 0.507. The van der Waals surface area contributed by atoms with Crippen LogP contribution in [0.1, 0.15) is 15.9 Å². The number of anilines is 2. The van der Waals surface area contributed by atoms with Gasteiger partial charge in [-0.3, -0.25) is 4.79 Å². The van der Waals surface area contributed by atoms with Gasteiger partial charge in [0.15, 0.2) is 0 Å². The lowest BCUT2D eigenvalue weighted by Crippen LogP contribution is -2.44. The molecule has 1 aliphatic rings. The van der Waals surface area contributed by atoms with Crippen LogP contribution in [-0.2, 0) is 7.05 Å². The summed E-state index contributed by atoms with van der Waals surface area (Å²) in [5.41, 5.74) is 5.26. The van der Waals surface area contributed by atoms with Crippen LogP contribution in [0.2, 0.25) is 0 Å². The van der Waals surface area contributed by atoms with Gasteiger partial charge >= 0.3 is 0 Å². The van der Waals surface area contributed by atoms with Crippen molar-refractivity contribution < 1.29 is 4.79 Å². The lowest BCUT2D eigenvalue weighted by molar-refractivity contribution is 0.102. The number of piperazine rings is 1. The molecule has 0 spiro atoms. The summed E-state index contributed by atoms with van der Waals surface area (Å²) in [5.74, 6) is 0.407. The molecule has 4 aromatic rings. The maximum Gasteiger partial charge on any atom is 0.256 e. The van der Waals surface area contributed by atoms with E-state index in [1.54, 1.807) is 0 Å². The maximum absolute atomic E-state index is 13.0. The Morgan fingerprint density at radius 1 is 0.939 bits per heavy atom. The molecule has 0 bridgehead atoms. The van der Waals surface area contributed by atoms with Gasteiger partial charge in [-0.25, -0.2) is 4.98 Å². The average Bonchev–Trinajstić information content (AvgIpc) is 3.17. The summed E-state index contributed by atoms with van der Waals surface area (Å²) in [6.07, 6.45) is 3.93. The number of carbonyl (C=O) groups excluding carboxylic acids is 1. The third-order valence-corrected chi connectivity index (χ3v) is 6.38. The molecule has 33 heavy (non-hydrogen) atoms. The van der Waals surface area contributed by atoms with Gasteiger partial charge in [-0.1, -0.05) is 18.2 Å². The molecule has 0 aliphatic carbocycles. The monoisotopic (exact) mass is 439 g/mol. The van der Waals surface area contributed by atoms with Crippen LogP contribution in [0.3, 0.4) is 0 Å². The average molecular weight is 440 g/mol. The molecule has 6 nitrogen and oxygen atoms in total. The summed E-state index contributed by atoms with van der Waals surface area (Å²) >= 11 is 0. The number of aryl methyl sites for hydroxylation is 2. The molecule has 5 rings (SSSR count). The molecule has 0 saturated carbocycles. The zero-order valence-corrected chi connectivity index (χ0v) is 19.4. The van der Waals surface area contributed by atoms with Crippen LogP contribution < -0.4 is 10.2 Å². The fourth-order valence-electron chi connectivity index (χ4n) is 4.48. The lowest BCUT2D eigenvalue weighted by atomic mass is 10.1. The van der Waals surface area contributed by atoms with Crippen LogP contribution >= 0.6 is 0 Å². The highest BCUT2D eigenvalue weighted by Gasteiger charge is 2.16. The number of hydrogen-bond donors (Lipinski definition) is 1. The molecular formula is C27H29N5O. The Morgan fingerprint density at radius 3 is 2.52 bits per heavy atom. The van der Waals surface area contributed by atoms with Crippen molar-refractivity contribution in [3.05, 3.63) is 78.1 Å². The fourth-order valence-corrected chi connectivity index (χ4v) is 4.48. The smallest absolute Gasteiger partial charge is 0.256 e. The molecule has 1 N–H and O–H groups in total. The second kappa shape index (κ2) is 8.71. The van der Waals surface area contributed by atoms with Gasteiger partial charge in [0, 0.05) is 68.0 Å². The molecule has 6 heteroatoms. The van der Waals surface area contributed by atoms with Crippen molar-refractivity contribution in [1.29, 1.82) is 0 Å². The van der Waals surface area contributed by atoms with E-state index >= 15 is 0 Å². The van der Waals surface area contributed by atoms with Gasteiger partial charge in [-0.15, -0.1) is 0 Å². The van der Waals surface area contributed by atoms with Gasteiger partial charge < -0.3 is 19.7 Å². The summed E-state index contributed by atoms with van der Waals surface area (Å²) in [5, 5.41) is 5.07. The summed E-state index contributed by atoms with van der Waals surface area (Å²) < 4.78 is 2.13. The first-order chi connectivity index (χ1) is 16.0. The van der Waals surface area contributed by atoms with E-state index in [0.29, 0.717) is 11.4 Å². The number of nitrogens with zero attached hydrogens (tertiary/aromatic N) is 4. The number of nitrogens with one attached hydrogen (secondary N) is 1. The molecule has 2 aromatic carbocycles. The Balaban J connectivity index is 1.37. The molecule has 1 aliphatic heterocycles. The highest BCUT2D eigenvalue weighted by molar-refractivity contribution is 6.05. The Kier molecular flexibility index (Phi) is 5.60. The van der Waals surface area contributed by atoms with Crippen molar-refractivity contribution >= 4 is 28.2 Å². The second-order valence-electron chi connectivity index (χ2n) is 8.94. The number of carbonyl (C=O) groups is 1. The van der Waals surface area contributed by atoms with Crippen molar-refractivity contribution in [3.63, 3.8) is 0 Å². The molecule has 0 radical (unpaired) electrons. The fraction of sp³-hybridized carbons (Fsp3) is 0.259. The predicted molar refractivity (Wildman–Crippen MR) is 135 cm³/mol. The number of rotatable bonds is 4. The van der Waals surface area contributed by atoms with Crippen LogP contribution in [0.15, 0.2) is 67.0 Å². The minimum Gasteiger partial charge on any atom is -0.369 e. The van der Waals surface area contributed by atoms with Crippen LogP contribution in [0.4, 0.5) is 11.5 Å². The van der Waals surface area contributed by atoms with Gasteiger partial charge in [0.05, 0.1) is 0 Å². The van der Waals surface area contributed by atoms with Crippen LogP contribution in [0, 0.1) is 6.92 Å². The van der Waals surface area contributed by atoms with Gasteiger partial charge in [-0.2, -0.15) is 0 Å². The maximum atomic E-state index is 13.0. The molecule has 1 fully saturated rings. The summed E-state index contributed by atoms with van der Waals surface area (Å²) in [4.78, 5) is 22.1. The lowest BCUT2D eigenvalue weighted by Gasteiger charge is -2.34. The largest absolute Gasteiger partial charge is 0.369 e. The third-order valence-electron chi connectivity index (χ3n) is 6.38. The molecule has 2 aromatic heterocycles. The zero-order chi connectivity index (χ0) is 22.9. The van der Waals surface area contributed by atoms with E-state index in [1.807, 2.05) is 30.5 Å². The summed E-state index contributed by atoms with van der Waals surface area (Å²) in [7, 11) is 4.20. The van der Waals surface area contributed by atoms with Crippen LogP contribution in [-0.4, -0.2) is 53.6 Å². The Morgan fingerprint density at radius 2 is 1.76 bits per heavy atom. The van der Waals surface area contributed by atoms with E-state index in [-0.39, 0.29) is 5.91 Å². The van der Waals surface area contributed by atoms with Gasteiger partial charge in [0.1, 0.15) is 5.82 Å². The SMILES string of the molecule is Cc1cc(-c2ccc3cnc(NC(=O)c4cccc(N5CCN(C)CC5)c4)cc3c2)n(C)c1. The minimum atomic E-state index is -0.146. The number of hydrogen-bond acceptors (Lipinski definition) is 4. The van der Waals surface area contributed by atoms with E-state index in [4.69, 9.17) is 0 Å². The number of fused-ring (bicyclic) bond motifs is 1. The molecule has 1 saturated heterocycles. The van der Waals surface area contributed by atoms with E-state index in [2.05, 4.69) is 82.2 Å². The highest BCUT2D eigenvalue weighted by atomic mass is 16.1. The number of pyridine rings is 1. The third kappa shape index (κ3) is 4.47. The van der Waals surface area contributed by atoms with Gasteiger partial charge in [-0.05, 0) is 66.9 Å². The minimum absolute atomic E-state index is 0.146. The number of benzene rings is 2. The topological polar surface area (TPSA) is 53.4 Å². The van der Waals surface area contributed by atoms with Crippen molar-refractivity contribution in [3.8, 4) is 11.3 Å². The molecule has 3 heterocycles. The van der Waals surface area contributed by atoms with Crippen molar-refractivity contribution in [1.82, 2.24) is 14.5 Å². The number of likely N-dealkylation sites (N-methyl/N-ethyl adjacent to an activating group) is 1. The first-order valence-electron chi connectivity index (χ1n) is 11.3. The Bertz CT molecular complexity index is 1320. The molecule has 1 amide bonds. The Labute approximate surface area is 194 Å². The molecular weight excluding hydrogens is 410 g/mol. The standard InChI is InChI=1S/C27H29N5O/c1-19-13-25(31(3)18-19)20-7-8-22-17-28-26(16-23(22)14-20)29-27(33)21-5-4-6-24(15-21)32-11-9-30(2)10-12-32/h4-8,13-18H,9-12H2,1-3H3,(H,28,29,33). The van der Waals surface area contributed by atoms with Gasteiger partial charge in [0.2, 0.25) is 0 Å². The van der Waals surface area contributed by atoms with Crippen molar-refractivity contribution in [2.24, 2.45) is 7.05 Å².